The molecule has 0 atom stereocenters. The van der Waals surface area contributed by atoms with Gasteiger partial charge in [0, 0.05) is 12.1 Å². The largest absolute Gasteiger partial charge is 0.507 e. The molecule has 0 fully saturated rings. The number of rotatable bonds is 8. The Morgan fingerprint density at radius 2 is 1.95 bits per heavy atom. The Bertz CT molecular complexity index is 489. The Labute approximate surface area is 126 Å². The number of carbonyl (C=O) groups is 1. The molecule has 118 valence electrons. The van der Waals surface area contributed by atoms with Crippen molar-refractivity contribution >= 4 is 5.78 Å². The van der Waals surface area contributed by atoms with Crippen molar-refractivity contribution in [1.82, 2.24) is 9.80 Å². The van der Waals surface area contributed by atoms with Crippen LogP contribution in [0.1, 0.15) is 36.2 Å². The minimum Gasteiger partial charge on any atom is -0.507 e. The van der Waals surface area contributed by atoms with Crippen LogP contribution in [-0.4, -0.2) is 54.4 Å². The summed E-state index contributed by atoms with van der Waals surface area (Å²) in [6.45, 7) is 6.43. The molecule has 0 unspecified atom stereocenters. The van der Waals surface area contributed by atoms with Crippen molar-refractivity contribution in [3.63, 3.8) is 0 Å². The van der Waals surface area contributed by atoms with Gasteiger partial charge in [-0.25, -0.2) is 4.39 Å². The van der Waals surface area contributed by atoms with Crippen LogP contribution in [0.3, 0.4) is 0 Å². The van der Waals surface area contributed by atoms with Crippen molar-refractivity contribution < 1.29 is 14.3 Å². The molecule has 5 heteroatoms. The van der Waals surface area contributed by atoms with E-state index >= 15 is 0 Å². The number of phenols is 1. The maximum Gasteiger partial charge on any atom is 0.163 e. The van der Waals surface area contributed by atoms with Crippen LogP contribution in [0, 0.1) is 5.82 Å². The second kappa shape index (κ2) is 8.10. The number of aromatic hydroxyl groups is 1. The predicted molar refractivity (Wildman–Crippen MR) is 82.2 cm³/mol. The summed E-state index contributed by atoms with van der Waals surface area (Å²) in [6, 6.07) is 2.39. The zero-order valence-corrected chi connectivity index (χ0v) is 13.3. The SMILES string of the molecule is CCN(CCCN(C)C)Cc1cc(F)cc(C(C)=O)c1O. The highest BCUT2D eigenvalue weighted by Crippen LogP contribution is 2.26. The standard InChI is InChI=1S/C16H25FN2O2/c1-5-19(8-6-7-18(3)4)11-13-9-14(17)10-15(12(2)20)16(13)21/h9-10,21H,5-8,11H2,1-4H3. The van der Waals surface area contributed by atoms with Gasteiger partial charge in [-0.1, -0.05) is 6.92 Å². The summed E-state index contributed by atoms with van der Waals surface area (Å²) in [4.78, 5) is 15.7. The first kappa shape index (κ1) is 17.6. The second-order valence-electron chi connectivity index (χ2n) is 5.54. The van der Waals surface area contributed by atoms with Gasteiger partial charge in [0.05, 0.1) is 5.56 Å². The highest BCUT2D eigenvalue weighted by atomic mass is 19.1. The van der Waals surface area contributed by atoms with Crippen LogP contribution < -0.4 is 0 Å². The van der Waals surface area contributed by atoms with Crippen LogP contribution >= 0.6 is 0 Å². The second-order valence-corrected chi connectivity index (χ2v) is 5.54. The van der Waals surface area contributed by atoms with Gasteiger partial charge in [0.2, 0.25) is 0 Å². The lowest BCUT2D eigenvalue weighted by Gasteiger charge is -2.22. The third-order valence-electron chi connectivity index (χ3n) is 3.45. The molecule has 1 N–H and O–H groups in total. The van der Waals surface area contributed by atoms with Gasteiger partial charge in [-0.3, -0.25) is 9.69 Å². The first-order valence-corrected chi connectivity index (χ1v) is 7.24. The molecule has 4 nitrogen and oxygen atoms in total. The lowest BCUT2D eigenvalue weighted by molar-refractivity contribution is 0.101. The Morgan fingerprint density at radius 1 is 1.29 bits per heavy atom. The number of halogens is 1. The highest BCUT2D eigenvalue weighted by molar-refractivity contribution is 5.97. The van der Waals surface area contributed by atoms with Crippen molar-refractivity contribution in [2.75, 3.05) is 33.7 Å². The normalized spacial score (nSPS) is 11.4. The van der Waals surface area contributed by atoms with E-state index in [0.29, 0.717) is 12.1 Å². The molecule has 0 heterocycles. The van der Waals surface area contributed by atoms with Gasteiger partial charge in [0.25, 0.3) is 0 Å². The van der Waals surface area contributed by atoms with Gasteiger partial charge < -0.3 is 10.0 Å². The Balaban J connectivity index is 2.82. The van der Waals surface area contributed by atoms with E-state index in [1.54, 1.807) is 0 Å². The summed E-state index contributed by atoms with van der Waals surface area (Å²) in [5.41, 5.74) is 0.515. The summed E-state index contributed by atoms with van der Waals surface area (Å²) >= 11 is 0. The Morgan fingerprint density at radius 3 is 2.48 bits per heavy atom. The Kier molecular flexibility index (Phi) is 6.78. The third-order valence-corrected chi connectivity index (χ3v) is 3.45. The zero-order chi connectivity index (χ0) is 16.0. The topological polar surface area (TPSA) is 43.8 Å². The van der Waals surface area contributed by atoms with Crippen LogP contribution in [0.25, 0.3) is 0 Å². The van der Waals surface area contributed by atoms with E-state index in [-0.39, 0.29) is 17.1 Å². The van der Waals surface area contributed by atoms with Crippen LogP contribution in [0.5, 0.6) is 5.75 Å². The summed E-state index contributed by atoms with van der Waals surface area (Å²) in [5.74, 6) is -0.920. The van der Waals surface area contributed by atoms with Crippen LogP contribution in [0.2, 0.25) is 0 Å². The van der Waals surface area contributed by atoms with E-state index in [2.05, 4.69) is 9.80 Å². The molecule has 1 aromatic carbocycles. The van der Waals surface area contributed by atoms with Crippen molar-refractivity contribution in [2.45, 2.75) is 26.8 Å². The lowest BCUT2D eigenvalue weighted by Crippen LogP contribution is -2.27. The number of ketones is 1. The fourth-order valence-electron chi connectivity index (χ4n) is 2.25. The summed E-state index contributed by atoms with van der Waals surface area (Å²) in [5, 5.41) is 10.1. The van der Waals surface area contributed by atoms with Gasteiger partial charge >= 0.3 is 0 Å². The lowest BCUT2D eigenvalue weighted by atomic mass is 10.0. The van der Waals surface area contributed by atoms with E-state index in [0.717, 1.165) is 32.1 Å². The fourth-order valence-corrected chi connectivity index (χ4v) is 2.25. The minimum atomic E-state index is -0.489. The molecule has 0 aliphatic carbocycles. The number of carbonyl (C=O) groups excluding carboxylic acids is 1. The summed E-state index contributed by atoms with van der Waals surface area (Å²) in [7, 11) is 4.04. The molecule has 0 spiro atoms. The van der Waals surface area contributed by atoms with E-state index in [9.17, 15) is 14.3 Å². The molecule has 1 rings (SSSR count). The monoisotopic (exact) mass is 296 g/mol. The maximum absolute atomic E-state index is 13.6. The average molecular weight is 296 g/mol. The van der Waals surface area contributed by atoms with E-state index in [1.165, 1.54) is 13.0 Å². The first-order valence-electron chi connectivity index (χ1n) is 7.24. The molecule has 0 amide bonds. The van der Waals surface area contributed by atoms with Gasteiger partial charge in [-0.2, -0.15) is 0 Å². The summed E-state index contributed by atoms with van der Waals surface area (Å²) < 4.78 is 13.6. The zero-order valence-electron chi connectivity index (χ0n) is 13.3. The summed E-state index contributed by atoms with van der Waals surface area (Å²) in [6.07, 6.45) is 0.997. The molecule has 0 bridgehead atoms. The molecule has 0 radical (unpaired) electrons. The molecule has 0 aliphatic heterocycles. The molecule has 0 saturated heterocycles. The molecule has 0 aromatic heterocycles. The molecule has 0 saturated carbocycles. The minimum absolute atomic E-state index is 0.0503. The van der Waals surface area contributed by atoms with E-state index in [4.69, 9.17) is 0 Å². The predicted octanol–water partition coefficient (Wildman–Crippen LogP) is 2.51. The number of hydrogen-bond donors (Lipinski definition) is 1. The number of hydrogen-bond acceptors (Lipinski definition) is 4. The molecular formula is C16H25FN2O2. The Hall–Kier alpha value is -1.46. The molecule has 1 aromatic rings. The van der Waals surface area contributed by atoms with Crippen molar-refractivity contribution in [3.05, 3.63) is 29.1 Å². The van der Waals surface area contributed by atoms with Gasteiger partial charge in [-0.15, -0.1) is 0 Å². The number of nitrogens with zero attached hydrogens (tertiary/aromatic N) is 2. The van der Waals surface area contributed by atoms with Crippen LogP contribution in [0.4, 0.5) is 4.39 Å². The first-order chi connectivity index (χ1) is 9.85. The quantitative estimate of drug-likeness (QED) is 0.749. The average Bonchev–Trinajstić information content (AvgIpc) is 2.40. The van der Waals surface area contributed by atoms with Crippen LogP contribution in [-0.2, 0) is 6.54 Å². The number of benzene rings is 1. The number of Topliss-reactive ketones (excluding diaryl/α,β-unsaturated/α-hetero) is 1. The van der Waals surface area contributed by atoms with Crippen molar-refractivity contribution in [3.8, 4) is 5.75 Å². The molecule has 0 aliphatic rings. The third kappa shape index (κ3) is 5.44. The maximum atomic E-state index is 13.6. The van der Waals surface area contributed by atoms with Gasteiger partial charge in [-0.05, 0) is 59.2 Å². The van der Waals surface area contributed by atoms with E-state index in [1.807, 2.05) is 21.0 Å². The smallest absolute Gasteiger partial charge is 0.163 e. The molecule has 21 heavy (non-hydrogen) atoms. The fraction of sp³-hybridized carbons (Fsp3) is 0.562. The van der Waals surface area contributed by atoms with Crippen molar-refractivity contribution in [1.29, 1.82) is 0 Å². The van der Waals surface area contributed by atoms with E-state index < -0.39 is 5.82 Å². The highest BCUT2D eigenvalue weighted by Gasteiger charge is 2.15. The van der Waals surface area contributed by atoms with Gasteiger partial charge in [0.15, 0.2) is 5.78 Å². The van der Waals surface area contributed by atoms with Crippen LogP contribution in [0.15, 0.2) is 12.1 Å². The van der Waals surface area contributed by atoms with Gasteiger partial charge in [0.1, 0.15) is 11.6 Å². The molecular weight excluding hydrogens is 271 g/mol. The number of phenolic OH excluding ortho intramolecular Hbond substituents is 1. The van der Waals surface area contributed by atoms with Crippen molar-refractivity contribution in [2.24, 2.45) is 0 Å².